The van der Waals surface area contributed by atoms with Crippen molar-refractivity contribution in [3.05, 3.63) is 0 Å². The largest absolute Gasteiger partial charge is 0.480 e. The van der Waals surface area contributed by atoms with Crippen LogP contribution in [0.3, 0.4) is 0 Å². The molecule has 0 aromatic rings. The van der Waals surface area contributed by atoms with Gasteiger partial charge in [0.1, 0.15) is 6.04 Å². The molecule has 1 atom stereocenters. The summed E-state index contributed by atoms with van der Waals surface area (Å²) in [7, 11) is -3.50. The number of carboxylic acid groups (broad SMARTS) is 1. The van der Waals surface area contributed by atoms with Gasteiger partial charge in [-0.15, -0.1) is 11.8 Å². The lowest BCUT2D eigenvalue weighted by molar-refractivity contribution is -0.140. The lowest BCUT2D eigenvalue weighted by Crippen LogP contribution is -2.47. The number of carboxylic acids is 1. The SMILES string of the molecule is O=C(O)[C@@H]1CSCN1S(=O)(=O)C1CCOCC1. The summed E-state index contributed by atoms with van der Waals surface area (Å²) in [4.78, 5) is 11.0. The van der Waals surface area contributed by atoms with Crippen molar-refractivity contribution in [3.8, 4) is 0 Å². The van der Waals surface area contributed by atoms with Crippen LogP contribution in [0.2, 0.25) is 0 Å². The predicted molar refractivity (Wildman–Crippen MR) is 63.3 cm³/mol. The highest BCUT2D eigenvalue weighted by Gasteiger charge is 2.43. The normalized spacial score (nSPS) is 28.4. The summed E-state index contributed by atoms with van der Waals surface area (Å²) in [6.07, 6.45) is 0.908. The Bertz CT molecular complexity index is 390. The predicted octanol–water partition coefficient (Wildman–Crippen LogP) is -0.0453. The fourth-order valence-corrected chi connectivity index (χ4v) is 5.65. The Morgan fingerprint density at radius 2 is 2.00 bits per heavy atom. The Kier molecular flexibility index (Phi) is 3.96. The van der Waals surface area contributed by atoms with Crippen LogP contribution < -0.4 is 0 Å². The number of hydrogen-bond acceptors (Lipinski definition) is 5. The van der Waals surface area contributed by atoms with E-state index in [4.69, 9.17) is 9.84 Å². The first-order valence-electron chi connectivity index (χ1n) is 5.42. The van der Waals surface area contributed by atoms with E-state index >= 15 is 0 Å². The van der Waals surface area contributed by atoms with Crippen molar-refractivity contribution < 1.29 is 23.1 Å². The molecule has 2 saturated heterocycles. The molecule has 0 radical (unpaired) electrons. The summed E-state index contributed by atoms with van der Waals surface area (Å²) in [5.41, 5.74) is 0. The molecular weight excluding hydrogens is 266 g/mol. The van der Waals surface area contributed by atoms with Crippen molar-refractivity contribution in [2.45, 2.75) is 24.1 Å². The molecule has 2 rings (SSSR count). The third-order valence-electron chi connectivity index (χ3n) is 3.04. The monoisotopic (exact) mass is 281 g/mol. The summed E-state index contributed by atoms with van der Waals surface area (Å²) < 4.78 is 30.9. The van der Waals surface area contributed by atoms with Crippen molar-refractivity contribution in [2.75, 3.05) is 24.8 Å². The second-order valence-electron chi connectivity index (χ2n) is 4.10. The van der Waals surface area contributed by atoms with E-state index in [1.54, 1.807) is 0 Å². The number of sulfonamides is 1. The Hall–Kier alpha value is -0.310. The van der Waals surface area contributed by atoms with Gasteiger partial charge < -0.3 is 9.84 Å². The molecule has 8 heteroatoms. The molecule has 2 aliphatic heterocycles. The van der Waals surface area contributed by atoms with E-state index in [-0.39, 0.29) is 5.88 Å². The smallest absolute Gasteiger partial charge is 0.322 e. The van der Waals surface area contributed by atoms with Crippen molar-refractivity contribution in [1.29, 1.82) is 0 Å². The average molecular weight is 281 g/mol. The van der Waals surface area contributed by atoms with Gasteiger partial charge in [-0.2, -0.15) is 4.31 Å². The van der Waals surface area contributed by atoms with Gasteiger partial charge in [-0.1, -0.05) is 0 Å². The summed E-state index contributed by atoms with van der Waals surface area (Å²) in [6, 6.07) is -0.909. The fourth-order valence-electron chi connectivity index (χ4n) is 2.04. The first-order valence-corrected chi connectivity index (χ1v) is 8.08. The molecule has 0 aromatic heterocycles. The molecule has 1 N–H and O–H groups in total. The van der Waals surface area contributed by atoms with Crippen LogP contribution in [0.5, 0.6) is 0 Å². The molecule has 0 aromatic carbocycles. The number of hydrogen-bond donors (Lipinski definition) is 1. The van der Waals surface area contributed by atoms with Crippen LogP contribution in [0.25, 0.3) is 0 Å². The van der Waals surface area contributed by atoms with E-state index < -0.39 is 27.3 Å². The summed E-state index contributed by atoms with van der Waals surface area (Å²) in [5.74, 6) is -0.486. The van der Waals surface area contributed by atoms with Crippen LogP contribution >= 0.6 is 11.8 Å². The molecule has 6 nitrogen and oxygen atoms in total. The van der Waals surface area contributed by atoms with E-state index in [0.717, 1.165) is 4.31 Å². The minimum Gasteiger partial charge on any atom is -0.480 e. The molecule has 2 fully saturated rings. The van der Waals surface area contributed by atoms with Gasteiger partial charge in [0.05, 0.1) is 11.1 Å². The van der Waals surface area contributed by atoms with E-state index in [0.29, 0.717) is 31.8 Å². The number of rotatable bonds is 3. The van der Waals surface area contributed by atoms with Crippen LogP contribution in [-0.4, -0.2) is 59.9 Å². The molecule has 0 unspecified atom stereocenters. The molecular formula is C9H15NO5S2. The van der Waals surface area contributed by atoms with Gasteiger partial charge in [0, 0.05) is 19.0 Å². The van der Waals surface area contributed by atoms with Crippen LogP contribution in [0.1, 0.15) is 12.8 Å². The van der Waals surface area contributed by atoms with Crippen molar-refractivity contribution >= 4 is 27.8 Å². The molecule has 0 bridgehead atoms. The Labute approximate surface area is 104 Å². The number of thioether (sulfide) groups is 1. The molecule has 2 aliphatic rings. The highest BCUT2D eigenvalue weighted by atomic mass is 32.2. The summed E-state index contributed by atoms with van der Waals surface area (Å²) in [6.45, 7) is 0.866. The third-order valence-corrected chi connectivity index (χ3v) is 6.57. The standard InChI is InChI=1S/C9H15NO5S2/c11-9(12)8-5-16-6-10(8)17(13,14)7-1-3-15-4-2-7/h7-8H,1-6H2,(H,11,12)/t8-/m0/s1. The highest BCUT2D eigenvalue weighted by molar-refractivity contribution is 8.00. The summed E-state index contributed by atoms with van der Waals surface area (Å²) in [5, 5.41) is 8.51. The van der Waals surface area contributed by atoms with Gasteiger partial charge in [0.15, 0.2) is 0 Å². The van der Waals surface area contributed by atoms with Crippen LogP contribution in [0.4, 0.5) is 0 Å². The van der Waals surface area contributed by atoms with E-state index in [1.807, 2.05) is 0 Å². The summed E-state index contributed by atoms with van der Waals surface area (Å²) >= 11 is 1.34. The van der Waals surface area contributed by atoms with Crippen molar-refractivity contribution in [2.24, 2.45) is 0 Å². The fraction of sp³-hybridized carbons (Fsp3) is 0.889. The van der Waals surface area contributed by atoms with Gasteiger partial charge in [0.25, 0.3) is 0 Å². The molecule has 98 valence electrons. The zero-order valence-electron chi connectivity index (χ0n) is 9.24. The first kappa shape index (κ1) is 13.1. The van der Waals surface area contributed by atoms with E-state index in [1.165, 1.54) is 11.8 Å². The minimum atomic E-state index is -3.50. The lowest BCUT2D eigenvalue weighted by Gasteiger charge is -2.28. The first-order chi connectivity index (χ1) is 8.03. The van der Waals surface area contributed by atoms with Crippen LogP contribution in [0.15, 0.2) is 0 Å². The molecule has 0 amide bonds. The second kappa shape index (κ2) is 5.13. The Morgan fingerprint density at radius 3 is 2.59 bits per heavy atom. The molecule has 0 spiro atoms. The zero-order valence-corrected chi connectivity index (χ0v) is 10.9. The zero-order chi connectivity index (χ0) is 12.5. The van der Waals surface area contributed by atoms with E-state index in [2.05, 4.69) is 0 Å². The van der Waals surface area contributed by atoms with Crippen molar-refractivity contribution in [3.63, 3.8) is 0 Å². The second-order valence-corrected chi connectivity index (χ2v) is 7.26. The Morgan fingerprint density at radius 1 is 1.35 bits per heavy atom. The van der Waals surface area contributed by atoms with Gasteiger partial charge in [-0.05, 0) is 12.8 Å². The maximum absolute atomic E-state index is 12.3. The maximum Gasteiger partial charge on any atom is 0.322 e. The number of nitrogens with zero attached hydrogens (tertiary/aromatic N) is 1. The minimum absolute atomic E-state index is 0.247. The average Bonchev–Trinajstić information content (AvgIpc) is 2.80. The van der Waals surface area contributed by atoms with Gasteiger partial charge in [-0.3, -0.25) is 4.79 Å². The lowest BCUT2D eigenvalue weighted by atomic mass is 10.2. The quantitative estimate of drug-likeness (QED) is 0.781. The van der Waals surface area contributed by atoms with E-state index in [9.17, 15) is 13.2 Å². The van der Waals surface area contributed by atoms with Gasteiger partial charge in [-0.25, -0.2) is 8.42 Å². The van der Waals surface area contributed by atoms with Gasteiger partial charge in [0.2, 0.25) is 10.0 Å². The third kappa shape index (κ3) is 2.59. The Balaban J connectivity index is 2.16. The highest BCUT2D eigenvalue weighted by Crippen LogP contribution is 2.29. The van der Waals surface area contributed by atoms with Crippen LogP contribution in [0, 0.1) is 0 Å². The number of carbonyl (C=O) groups is 1. The maximum atomic E-state index is 12.3. The number of ether oxygens (including phenoxy) is 1. The topological polar surface area (TPSA) is 83.9 Å². The molecule has 0 aliphatic carbocycles. The van der Waals surface area contributed by atoms with Crippen molar-refractivity contribution in [1.82, 2.24) is 4.31 Å². The molecule has 0 saturated carbocycles. The van der Waals surface area contributed by atoms with Crippen LogP contribution in [-0.2, 0) is 19.6 Å². The van der Waals surface area contributed by atoms with Gasteiger partial charge >= 0.3 is 5.97 Å². The number of aliphatic carboxylic acids is 1. The molecule has 2 heterocycles. The molecule has 17 heavy (non-hydrogen) atoms.